The van der Waals surface area contributed by atoms with Crippen LogP contribution in [0, 0.1) is 0 Å². The quantitative estimate of drug-likeness (QED) is 0.908. The molecule has 2 rings (SSSR count). The Morgan fingerprint density at radius 3 is 2.78 bits per heavy atom. The SMILES string of the molecule is O=C(O)c1ccnc(NC(=O)c2cc(Br)cs2)c1. The standard InChI is InChI=1S/C11H7BrN2O3S/c12-7-4-8(18-5-7)10(15)14-9-3-6(11(16)17)1-2-13-9/h1-5H,(H,16,17)(H,13,14,15). The summed E-state index contributed by atoms with van der Waals surface area (Å²) in [6.45, 7) is 0. The lowest BCUT2D eigenvalue weighted by Crippen LogP contribution is -2.12. The van der Waals surface area contributed by atoms with Crippen LogP contribution < -0.4 is 5.32 Å². The zero-order valence-electron chi connectivity index (χ0n) is 8.88. The highest BCUT2D eigenvalue weighted by Crippen LogP contribution is 2.20. The number of amides is 1. The van der Waals surface area contributed by atoms with E-state index in [4.69, 9.17) is 5.11 Å². The van der Waals surface area contributed by atoms with Crippen LogP contribution in [0.5, 0.6) is 0 Å². The van der Waals surface area contributed by atoms with Gasteiger partial charge in [0.1, 0.15) is 5.82 Å². The van der Waals surface area contributed by atoms with Crippen LogP contribution in [0.25, 0.3) is 0 Å². The van der Waals surface area contributed by atoms with Crippen molar-refractivity contribution in [2.45, 2.75) is 0 Å². The zero-order valence-corrected chi connectivity index (χ0v) is 11.3. The highest BCUT2D eigenvalue weighted by molar-refractivity contribution is 9.10. The normalized spacial score (nSPS) is 10.1. The maximum absolute atomic E-state index is 11.8. The fourth-order valence-electron chi connectivity index (χ4n) is 1.24. The molecule has 2 aromatic rings. The molecule has 0 aliphatic rings. The number of hydrogen-bond donors (Lipinski definition) is 2. The summed E-state index contributed by atoms with van der Waals surface area (Å²) < 4.78 is 0.824. The Bertz CT molecular complexity index is 612. The van der Waals surface area contributed by atoms with Crippen LogP contribution >= 0.6 is 27.3 Å². The molecule has 0 aliphatic carbocycles. The number of carboxylic acid groups (broad SMARTS) is 1. The lowest BCUT2D eigenvalue weighted by Gasteiger charge is -2.03. The van der Waals surface area contributed by atoms with E-state index in [0.717, 1.165) is 4.47 Å². The van der Waals surface area contributed by atoms with E-state index in [1.54, 1.807) is 11.4 Å². The minimum Gasteiger partial charge on any atom is -0.478 e. The first-order valence-corrected chi connectivity index (χ1v) is 6.48. The predicted octanol–water partition coefficient (Wildman–Crippen LogP) is 2.86. The van der Waals surface area contributed by atoms with E-state index in [1.165, 1.54) is 29.7 Å². The number of carbonyl (C=O) groups is 2. The van der Waals surface area contributed by atoms with E-state index in [0.29, 0.717) is 4.88 Å². The predicted molar refractivity (Wildman–Crippen MR) is 71.2 cm³/mol. The van der Waals surface area contributed by atoms with Gasteiger partial charge in [0.2, 0.25) is 0 Å². The molecular formula is C11H7BrN2O3S. The van der Waals surface area contributed by atoms with Gasteiger partial charge in [-0.25, -0.2) is 9.78 Å². The lowest BCUT2D eigenvalue weighted by atomic mass is 10.2. The average Bonchev–Trinajstić information content (AvgIpc) is 2.76. The third kappa shape index (κ3) is 2.93. The number of thiophene rings is 1. The molecule has 0 saturated carbocycles. The molecule has 0 aliphatic heterocycles. The summed E-state index contributed by atoms with van der Waals surface area (Å²) >= 11 is 4.54. The van der Waals surface area contributed by atoms with Gasteiger partial charge in [0.15, 0.2) is 0 Å². The average molecular weight is 327 g/mol. The van der Waals surface area contributed by atoms with E-state index < -0.39 is 5.97 Å². The molecule has 0 aromatic carbocycles. The molecule has 0 spiro atoms. The second-order valence-electron chi connectivity index (χ2n) is 3.32. The number of carbonyl (C=O) groups excluding carboxylic acids is 1. The van der Waals surface area contributed by atoms with Gasteiger partial charge in [-0.05, 0) is 34.1 Å². The van der Waals surface area contributed by atoms with Crippen LogP contribution in [0.3, 0.4) is 0 Å². The Morgan fingerprint density at radius 2 is 2.17 bits per heavy atom. The number of nitrogens with zero attached hydrogens (tertiary/aromatic N) is 1. The van der Waals surface area contributed by atoms with Gasteiger partial charge in [0, 0.05) is 16.0 Å². The Balaban J connectivity index is 2.16. The van der Waals surface area contributed by atoms with Crippen molar-refractivity contribution in [3.05, 3.63) is 44.7 Å². The highest BCUT2D eigenvalue weighted by Gasteiger charge is 2.11. The van der Waals surface area contributed by atoms with E-state index in [2.05, 4.69) is 26.2 Å². The molecule has 92 valence electrons. The van der Waals surface area contributed by atoms with Gasteiger partial charge in [-0.1, -0.05) is 0 Å². The summed E-state index contributed by atoms with van der Waals surface area (Å²) in [4.78, 5) is 27.0. The molecule has 18 heavy (non-hydrogen) atoms. The molecule has 0 unspecified atom stereocenters. The van der Waals surface area contributed by atoms with Crippen LogP contribution in [0.4, 0.5) is 5.82 Å². The first-order valence-electron chi connectivity index (χ1n) is 4.81. The van der Waals surface area contributed by atoms with Gasteiger partial charge < -0.3 is 10.4 Å². The minimum absolute atomic E-state index is 0.0765. The molecule has 7 heteroatoms. The van der Waals surface area contributed by atoms with Crippen molar-refractivity contribution in [2.24, 2.45) is 0 Å². The smallest absolute Gasteiger partial charge is 0.335 e. The molecule has 1 amide bonds. The number of hydrogen-bond acceptors (Lipinski definition) is 4. The van der Waals surface area contributed by atoms with Gasteiger partial charge in [-0.3, -0.25) is 4.79 Å². The van der Waals surface area contributed by atoms with Crippen LogP contribution in [-0.4, -0.2) is 22.0 Å². The number of carboxylic acids is 1. The second-order valence-corrected chi connectivity index (χ2v) is 5.15. The Hall–Kier alpha value is -1.73. The Kier molecular flexibility index (Phi) is 3.73. The number of halogens is 1. The molecule has 2 N–H and O–H groups in total. The molecule has 0 fully saturated rings. The van der Waals surface area contributed by atoms with Crippen LogP contribution in [0.2, 0.25) is 0 Å². The van der Waals surface area contributed by atoms with E-state index in [9.17, 15) is 9.59 Å². The molecular weight excluding hydrogens is 320 g/mol. The summed E-state index contributed by atoms with van der Waals surface area (Å²) in [5.41, 5.74) is 0.0765. The Morgan fingerprint density at radius 1 is 1.39 bits per heavy atom. The van der Waals surface area contributed by atoms with Gasteiger partial charge >= 0.3 is 5.97 Å². The van der Waals surface area contributed by atoms with Gasteiger partial charge in [-0.15, -0.1) is 11.3 Å². The molecule has 0 radical (unpaired) electrons. The third-order valence-electron chi connectivity index (χ3n) is 2.04. The van der Waals surface area contributed by atoms with Crippen molar-refractivity contribution >= 4 is 45.0 Å². The lowest BCUT2D eigenvalue weighted by molar-refractivity contribution is 0.0696. The number of nitrogens with one attached hydrogen (secondary N) is 1. The van der Waals surface area contributed by atoms with Crippen LogP contribution in [0.1, 0.15) is 20.0 Å². The van der Waals surface area contributed by atoms with Crippen molar-refractivity contribution in [1.82, 2.24) is 4.98 Å². The first kappa shape index (κ1) is 12.7. The van der Waals surface area contributed by atoms with Gasteiger partial charge in [0.05, 0.1) is 10.4 Å². The van der Waals surface area contributed by atoms with Gasteiger partial charge in [0.25, 0.3) is 5.91 Å². The molecule has 2 heterocycles. The van der Waals surface area contributed by atoms with Crippen molar-refractivity contribution in [3.63, 3.8) is 0 Å². The summed E-state index contributed by atoms with van der Waals surface area (Å²) in [7, 11) is 0. The zero-order chi connectivity index (χ0) is 13.1. The van der Waals surface area contributed by atoms with Crippen molar-refractivity contribution in [1.29, 1.82) is 0 Å². The van der Waals surface area contributed by atoms with E-state index in [1.807, 2.05) is 0 Å². The van der Waals surface area contributed by atoms with Crippen LogP contribution in [0.15, 0.2) is 34.2 Å². The summed E-state index contributed by atoms with van der Waals surface area (Å²) in [5.74, 6) is -1.17. The molecule has 0 atom stereocenters. The highest BCUT2D eigenvalue weighted by atomic mass is 79.9. The van der Waals surface area contributed by atoms with Crippen molar-refractivity contribution in [3.8, 4) is 0 Å². The fourth-order valence-corrected chi connectivity index (χ4v) is 2.56. The number of aromatic carboxylic acids is 1. The molecule has 5 nitrogen and oxygen atoms in total. The van der Waals surface area contributed by atoms with E-state index in [-0.39, 0.29) is 17.3 Å². The van der Waals surface area contributed by atoms with Crippen molar-refractivity contribution < 1.29 is 14.7 Å². The number of aromatic nitrogens is 1. The number of pyridine rings is 1. The minimum atomic E-state index is -1.06. The van der Waals surface area contributed by atoms with Crippen LogP contribution in [-0.2, 0) is 0 Å². The summed E-state index contributed by atoms with van der Waals surface area (Å²) in [5, 5.41) is 13.1. The number of rotatable bonds is 3. The molecule has 0 bridgehead atoms. The maximum atomic E-state index is 11.8. The first-order chi connectivity index (χ1) is 8.56. The third-order valence-corrected chi connectivity index (χ3v) is 3.73. The topological polar surface area (TPSA) is 79.3 Å². The summed E-state index contributed by atoms with van der Waals surface area (Å²) in [6, 6.07) is 4.35. The van der Waals surface area contributed by atoms with Gasteiger partial charge in [-0.2, -0.15) is 0 Å². The second kappa shape index (κ2) is 5.28. The number of anilines is 1. The monoisotopic (exact) mass is 326 g/mol. The fraction of sp³-hybridized carbons (Fsp3) is 0. The Labute approximate surface area is 115 Å². The maximum Gasteiger partial charge on any atom is 0.335 e. The largest absolute Gasteiger partial charge is 0.478 e. The van der Waals surface area contributed by atoms with E-state index >= 15 is 0 Å². The summed E-state index contributed by atoms with van der Waals surface area (Å²) in [6.07, 6.45) is 1.34. The van der Waals surface area contributed by atoms with Crippen molar-refractivity contribution in [2.75, 3.05) is 5.32 Å². The molecule has 2 aromatic heterocycles. The molecule has 0 saturated heterocycles.